The first-order chi connectivity index (χ1) is 16.3. The highest BCUT2D eigenvalue weighted by Gasteiger charge is 2.39. The Morgan fingerprint density at radius 2 is 1.88 bits per heavy atom. The number of hydrogen-bond donors (Lipinski definition) is 0. The monoisotopic (exact) mass is 452 g/mol. The zero-order valence-corrected chi connectivity index (χ0v) is 18.2. The molecule has 0 unspecified atom stereocenters. The van der Waals surface area contributed by atoms with E-state index in [0.29, 0.717) is 23.2 Å². The minimum absolute atomic E-state index is 0.284. The minimum atomic E-state index is -0.284. The van der Waals surface area contributed by atoms with Crippen LogP contribution in [0.3, 0.4) is 0 Å². The van der Waals surface area contributed by atoms with Crippen LogP contribution in [0.25, 0.3) is 22.0 Å². The zero-order valence-electron chi connectivity index (χ0n) is 17.4. The Kier molecular flexibility index (Phi) is 3.82. The first-order valence-corrected chi connectivity index (χ1v) is 11.3. The van der Waals surface area contributed by atoms with E-state index in [1.807, 2.05) is 71.6 Å². The summed E-state index contributed by atoms with van der Waals surface area (Å²) in [5, 5.41) is 11.5. The van der Waals surface area contributed by atoms with Crippen molar-refractivity contribution in [2.24, 2.45) is 0 Å². The van der Waals surface area contributed by atoms with Gasteiger partial charge in [-0.25, -0.2) is 19.2 Å². The maximum absolute atomic E-state index is 6.39. The van der Waals surface area contributed by atoms with E-state index in [4.69, 9.17) is 19.2 Å². The summed E-state index contributed by atoms with van der Waals surface area (Å²) in [6.45, 7) is 1.98. The van der Waals surface area contributed by atoms with Gasteiger partial charge in [0, 0.05) is 0 Å². The number of nitrogens with zero attached hydrogens (tertiary/aromatic N) is 6. The molecule has 7 rings (SSSR count). The number of thiophene rings is 1. The maximum Gasteiger partial charge on any atom is 0.230 e. The van der Waals surface area contributed by atoms with Gasteiger partial charge < -0.3 is 9.15 Å². The molecular formula is C24H16N6O2S. The van der Waals surface area contributed by atoms with Gasteiger partial charge in [0.2, 0.25) is 11.8 Å². The van der Waals surface area contributed by atoms with Gasteiger partial charge in [0.25, 0.3) is 0 Å². The molecule has 8 nitrogen and oxygen atoms in total. The van der Waals surface area contributed by atoms with Gasteiger partial charge in [-0.1, -0.05) is 24.3 Å². The van der Waals surface area contributed by atoms with Gasteiger partial charge >= 0.3 is 0 Å². The smallest absolute Gasteiger partial charge is 0.230 e. The van der Waals surface area contributed by atoms with Crippen LogP contribution in [-0.2, 0) is 0 Å². The third kappa shape index (κ3) is 2.69. The lowest BCUT2D eigenvalue weighted by Gasteiger charge is -2.24. The fourth-order valence-corrected chi connectivity index (χ4v) is 5.03. The van der Waals surface area contributed by atoms with Crippen molar-refractivity contribution in [1.29, 1.82) is 0 Å². The molecule has 0 fully saturated rings. The van der Waals surface area contributed by atoms with Crippen LogP contribution in [0.1, 0.15) is 28.5 Å². The number of aromatic nitrogens is 6. The molecular weight excluding hydrogens is 436 g/mol. The van der Waals surface area contributed by atoms with E-state index in [-0.39, 0.29) is 5.92 Å². The molecule has 0 saturated carbocycles. The van der Waals surface area contributed by atoms with Crippen molar-refractivity contribution in [2.75, 3.05) is 0 Å². The van der Waals surface area contributed by atoms with Crippen LogP contribution in [0.15, 0.2) is 77.0 Å². The van der Waals surface area contributed by atoms with Crippen molar-refractivity contribution >= 4 is 17.0 Å². The quantitative estimate of drug-likeness (QED) is 0.365. The van der Waals surface area contributed by atoms with Gasteiger partial charge in [-0.15, -0.1) is 16.4 Å². The average Bonchev–Trinajstić information content (AvgIpc) is 3.65. The molecule has 0 amide bonds. The van der Waals surface area contributed by atoms with E-state index < -0.39 is 0 Å². The Balaban J connectivity index is 1.50. The van der Waals surface area contributed by atoms with Crippen LogP contribution in [0.5, 0.6) is 11.8 Å². The van der Waals surface area contributed by atoms with Gasteiger partial charge in [-0.2, -0.15) is 5.10 Å². The predicted octanol–water partition coefficient (Wildman–Crippen LogP) is 5.23. The summed E-state index contributed by atoms with van der Waals surface area (Å²) >= 11 is 1.60. The molecule has 160 valence electrons. The number of para-hydroxylation sites is 1. The summed E-state index contributed by atoms with van der Waals surface area (Å²) in [6.07, 6.45) is 3.31. The maximum atomic E-state index is 6.39. The van der Waals surface area contributed by atoms with Crippen LogP contribution in [0.4, 0.5) is 0 Å². The molecule has 1 atom stereocenters. The summed E-state index contributed by atoms with van der Waals surface area (Å²) in [5.74, 6) is 2.24. The molecule has 0 aliphatic carbocycles. The zero-order chi connectivity index (χ0) is 21.9. The molecule has 0 radical (unpaired) electrons. The number of benzene rings is 1. The van der Waals surface area contributed by atoms with Gasteiger partial charge in [-0.05, 0) is 42.6 Å². The molecule has 0 bridgehead atoms. The van der Waals surface area contributed by atoms with Crippen molar-refractivity contribution < 1.29 is 9.15 Å². The highest BCUT2D eigenvalue weighted by Crippen LogP contribution is 2.49. The largest absolute Gasteiger partial charge is 0.468 e. The van der Waals surface area contributed by atoms with Crippen molar-refractivity contribution in [3.8, 4) is 28.1 Å². The Morgan fingerprint density at radius 1 is 0.970 bits per heavy atom. The molecule has 1 aromatic carbocycles. The number of furan rings is 1. The number of hydrogen-bond acceptors (Lipinski definition) is 7. The van der Waals surface area contributed by atoms with Gasteiger partial charge in [-0.3, -0.25) is 0 Å². The number of ether oxygens (including phenoxy) is 1. The second-order valence-corrected chi connectivity index (χ2v) is 8.69. The number of rotatable bonds is 3. The molecule has 1 aliphatic heterocycles. The van der Waals surface area contributed by atoms with Crippen molar-refractivity contribution in [1.82, 2.24) is 29.4 Å². The molecule has 0 N–H and O–H groups in total. The van der Waals surface area contributed by atoms with E-state index in [2.05, 4.69) is 10.1 Å². The van der Waals surface area contributed by atoms with Crippen LogP contribution < -0.4 is 4.74 Å². The summed E-state index contributed by atoms with van der Waals surface area (Å²) in [5.41, 5.74) is 4.18. The fourth-order valence-electron chi connectivity index (χ4n) is 4.37. The molecule has 6 heterocycles. The van der Waals surface area contributed by atoms with E-state index in [0.717, 1.165) is 33.1 Å². The molecule has 9 heteroatoms. The third-order valence-electron chi connectivity index (χ3n) is 5.79. The SMILES string of the molecule is Cc1nn(-c2ccccc2)c2c1[C@@H](c1ccco1)c1c(ncn3nc(-c4cccs4)nc13)O2. The lowest BCUT2D eigenvalue weighted by molar-refractivity contribution is 0.392. The molecule has 0 saturated heterocycles. The normalized spacial score (nSPS) is 14.8. The predicted molar refractivity (Wildman–Crippen MR) is 122 cm³/mol. The van der Waals surface area contributed by atoms with Crippen molar-refractivity contribution in [3.05, 3.63) is 95.1 Å². The second kappa shape index (κ2) is 6.88. The Morgan fingerprint density at radius 3 is 2.67 bits per heavy atom. The van der Waals surface area contributed by atoms with Crippen LogP contribution in [0, 0.1) is 6.92 Å². The molecule has 5 aromatic heterocycles. The number of aryl methyl sites for hydroxylation is 1. The van der Waals surface area contributed by atoms with Gasteiger partial charge in [0.05, 0.1) is 39.6 Å². The molecule has 0 spiro atoms. The molecule has 1 aliphatic rings. The highest BCUT2D eigenvalue weighted by atomic mass is 32.1. The Bertz CT molecular complexity index is 1600. The first-order valence-electron chi connectivity index (χ1n) is 10.4. The average molecular weight is 452 g/mol. The lowest BCUT2D eigenvalue weighted by Crippen LogP contribution is -2.15. The summed E-state index contributed by atoms with van der Waals surface area (Å²) in [6, 6.07) is 17.8. The van der Waals surface area contributed by atoms with E-state index >= 15 is 0 Å². The fraction of sp³-hybridized carbons (Fsp3) is 0.0833. The minimum Gasteiger partial charge on any atom is -0.468 e. The van der Waals surface area contributed by atoms with Crippen LogP contribution in [-0.4, -0.2) is 29.4 Å². The summed E-state index contributed by atoms with van der Waals surface area (Å²) in [7, 11) is 0. The summed E-state index contributed by atoms with van der Waals surface area (Å²) < 4.78 is 15.8. The van der Waals surface area contributed by atoms with Crippen LogP contribution in [0.2, 0.25) is 0 Å². The topological polar surface area (TPSA) is 83.3 Å². The highest BCUT2D eigenvalue weighted by molar-refractivity contribution is 7.13. The van der Waals surface area contributed by atoms with E-state index in [1.165, 1.54) is 0 Å². The van der Waals surface area contributed by atoms with Gasteiger partial charge in [0.15, 0.2) is 11.5 Å². The van der Waals surface area contributed by atoms with Crippen molar-refractivity contribution in [3.63, 3.8) is 0 Å². The second-order valence-electron chi connectivity index (χ2n) is 7.75. The number of fused-ring (bicyclic) bond motifs is 4. The van der Waals surface area contributed by atoms with E-state index in [9.17, 15) is 0 Å². The van der Waals surface area contributed by atoms with Gasteiger partial charge in [0.1, 0.15) is 12.1 Å². The first kappa shape index (κ1) is 18.3. The molecule has 6 aromatic rings. The Hall–Kier alpha value is -4.24. The third-order valence-corrected chi connectivity index (χ3v) is 6.66. The lowest BCUT2D eigenvalue weighted by atomic mass is 9.88. The Labute approximate surface area is 191 Å². The van der Waals surface area contributed by atoms with E-state index in [1.54, 1.807) is 28.4 Å². The molecule has 33 heavy (non-hydrogen) atoms. The standard InChI is InChI=1S/C24H16N6O2S/c1-14-18-19(16-9-5-11-31-16)20-22-26-21(17-10-6-12-33-17)28-29(22)13-25-23(20)32-24(18)30(27-14)15-7-3-2-4-8-15/h2-13,19H,1H3/t19-/m1/s1. The van der Waals surface area contributed by atoms with Crippen molar-refractivity contribution in [2.45, 2.75) is 12.8 Å². The van der Waals surface area contributed by atoms with Crippen LogP contribution >= 0.6 is 11.3 Å². The summed E-state index contributed by atoms with van der Waals surface area (Å²) in [4.78, 5) is 10.5.